The van der Waals surface area contributed by atoms with E-state index in [4.69, 9.17) is 25.8 Å². The molecule has 8 heteroatoms. The Labute approximate surface area is 154 Å². The van der Waals surface area contributed by atoms with Crippen LogP contribution < -0.4 is 14.8 Å². The lowest BCUT2D eigenvalue weighted by Gasteiger charge is -2.26. The van der Waals surface area contributed by atoms with Crippen molar-refractivity contribution >= 4 is 23.5 Å². The highest BCUT2D eigenvalue weighted by molar-refractivity contribution is 6.31. The number of carbonyl (C=O) groups excluding carboxylic acids is 2. The molecule has 0 saturated heterocycles. The molecular weight excluding hydrogens is 362 g/mol. The van der Waals surface area contributed by atoms with E-state index in [-0.39, 0.29) is 29.0 Å². The minimum absolute atomic E-state index is 0.106. The van der Waals surface area contributed by atoms with Crippen LogP contribution >= 0.6 is 11.6 Å². The topological polar surface area (TPSA) is 94.1 Å². The van der Waals surface area contributed by atoms with Gasteiger partial charge in [-0.3, -0.25) is 4.79 Å². The fourth-order valence-electron chi connectivity index (χ4n) is 2.32. The highest BCUT2D eigenvalue weighted by Crippen LogP contribution is 2.30. The third kappa shape index (κ3) is 4.37. The van der Waals surface area contributed by atoms with E-state index >= 15 is 0 Å². The molecule has 26 heavy (non-hydrogen) atoms. The molecule has 2 N–H and O–H groups in total. The number of benzene rings is 2. The van der Waals surface area contributed by atoms with Gasteiger partial charge in [0.2, 0.25) is 0 Å². The number of amides is 1. The maximum absolute atomic E-state index is 11.9. The number of hydrogen-bond donors (Lipinski definition) is 2. The Hall–Kier alpha value is -2.93. The Morgan fingerprint density at radius 3 is 2.81 bits per heavy atom. The predicted molar refractivity (Wildman–Crippen MR) is 92.8 cm³/mol. The van der Waals surface area contributed by atoms with Gasteiger partial charge in [-0.1, -0.05) is 23.7 Å². The highest BCUT2D eigenvalue weighted by atomic mass is 35.5. The molecule has 3 rings (SSSR count). The molecule has 136 valence electrons. The molecule has 0 unspecified atom stereocenters. The molecule has 1 heterocycles. The fourth-order valence-corrected chi connectivity index (χ4v) is 2.50. The van der Waals surface area contributed by atoms with Crippen molar-refractivity contribution in [3.05, 3.63) is 53.1 Å². The summed E-state index contributed by atoms with van der Waals surface area (Å²) in [5.41, 5.74) is -0.106. The minimum Gasteiger partial charge on any atom is -0.507 e. The van der Waals surface area contributed by atoms with Crippen LogP contribution in [-0.2, 0) is 9.53 Å². The van der Waals surface area contributed by atoms with Crippen molar-refractivity contribution in [1.29, 1.82) is 0 Å². The Balaban J connectivity index is 1.45. The van der Waals surface area contributed by atoms with E-state index in [1.165, 1.54) is 18.2 Å². The van der Waals surface area contributed by atoms with Gasteiger partial charge < -0.3 is 24.6 Å². The van der Waals surface area contributed by atoms with Crippen molar-refractivity contribution in [3.8, 4) is 17.2 Å². The third-order valence-corrected chi connectivity index (χ3v) is 3.84. The van der Waals surface area contributed by atoms with Crippen molar-refractivity contribution in [2.24, 2.45) is 0 Å². The number of phenols is 1. The first kappa shape index (κ1) is 17.9. The van der Waals surface area contributed by atoms with Crippen LogP contribution in [-0.4, -0.2) is 42.8 Å². The Morgan fingerprint density at radius 1 is 1.23 bits per heavy atom. The molecule has 0 aliphatic carbocycles. The Morgan fingerprint density at radius 2 is 2.00 bits per heavy atom. The molecular formula is C18H16ClNO6. The van der Waals surface area contributed by atoms with Gasteiger partial charge in [-0.05, 0) is 30.3 Å². The van der Waals surface area contributed by atoms with E-state index in [1.54, 1.807) is 12.1 Å². The molecule has 0 spiro atoms. The summed E-state index contributed by atoms with van der Waals surface area (Å²) >= 11 is 5.77. The largest absolute Gasteiger partial charge is 0.507 e. The number of fused-ring (bicyclic) bond motifs is 1. The zero-order valence-electron chi connectivity index (χ0n) is 13.6. The van der Waals surface area contributed by atoms with Crippen LogP contribution in [0.1, 0.15) is 10.4 Å². The third-order valence-electron chi connectivity index (χ3n) is 3.61. The van der Waals surface area contributed by atoms with Crippen molar-refractivity contribution in [2.75, 3.05) is 19.8 Å². The van der Waals surface area contributed by atoms with E-state index in [2.05, 4.69) is 5.32 Å². The van der Waals surface area contributed by atoms with Gasteiger partial charge in [0, 0.05) is 5.02 Å². The van der Waals surface area contributed by atoms with E-state index in [1.807, 2.05) is 12.1 Å². The van der Waals surface area contributed by atoms with Gasteiger partial charge in [0.05, 0.1) is 6.54 Å². The monoisotopic (exact) mass is 377 g/mol. The summed E-state index contributed by atoms with van der Waals surface area (Å²) in [5.74, 6) is -0.342. The lowest BCUT2D eigenvalue weighted by atomic mass is 10.2. The van der Waals surface area contributed by atoms with Crippen molar-refractivity contribution < 1.29 is 28.9 Å². The number of carbonyl (C=O) groups is 2. The van der Waals surface area contributed by atoms with Gasteiger partial charge in [-0.2, -0.15) is 0 Å². The van der Waals surface area contributed by atoms with E-state index < -0.39 is 18.5 Å². The predicted octanol–water partition coefficient (Wildman–Crippen LogP) is 2.16. The van der Waals surface area contributed by atoms with Crippen LogP contribution in [0.2, 0.25) is 5.02 Å². The van der Waals surface area contributed by atoms with Gasteiger partial charge in [-0.25, -0.2) is 4.79 Å². The molecule has 1 atom stereocenters. The fraction of sp³-hybridized carbons (Fsp3) is 0.222. The van der Waals surface area contributed by atoms with Crippen LogP contribution in [0.3, 0.4) is 0 Å². The molecule has 0 bridgehead atoms. The van der Waals surface area contributed by atoms with Gasteiger partial charge in [0.15, 0.2) is 18.1 Å². The molecule has 0 radical (unpaired) electrons. The highest BCUT2D eigenvalue weighted by Gasteiger charge is 2.21. The average Bonchev–Trinajstić information content (AvgIpc) is 2.66. The second kappa shape index (κ2) is 7.97. The van der Waals surface area contributed by atoms with E-state index in [0.717, 1.165) is 0 Å². The number of halogens is 1. The standard InChI is InChI=1S/C18H16ClNO6/c19-11-5-6-14(21)13(7-11)18(23)25-10-17(22)20-8-12-9-24-15-3-1-2-4-16(15)26-12/h1-7,12,21H,8-10H2,(H,20,22)/t12-/m1/s1. The average molecular weight is 378 g/mol. The van der Waals surface area contributed by atoms with Crippen LogP contribution in [0.15, 0.2) is 42.5 Å². The molecule has 1 aliphatic heterocycles. The maximum atomic E-state index is 11.9. The maximum Gasteiger partial charge on any atom is 0.342 e. The summed E-state index contributed by atoms with van der Waals surface area (Å²) in [5, 5.41) is 12.5. The zero-order chi connectivity index (χ0) is 18.5. The minimum atomic E-state index is -0.841. The normalized spacial score (nSPS) is 15.2. The number of phenolic OH excluding ortho intramolecular Hbond substituents is 1. The Kier molecular flexibility index (Phi) is 5.48. The summed E-state index contributed by atoms with van der Waals surface area (Å²) in [6, 6.07) is 11.2. The first-order valence-electron chi connectivity index (χ1n) is 7.84. The summed E-state index contributed by atoms with van der Waals surface area (Å²) in [6.07, 6.45) is -0.346. The summed E-state index contributed by atoms with van der Waals surface area (Å²) in [4.78, 5) is 23.7. The number of ether oxygens (including phenoxy) is 3. The van der Waals surface area contributed by atoms with Gasteiger partial charge in [0.25, 0.3) is 5.91 Å². The Bertz CT molecular complexity index is 825. The second-order valence-corrected chi connectivity index (χ2v) is 5.98. The van der Waals surface area contributed by atoms with Gasteiger partial charge in [0.1, 0.15) is 24.0 Å². The lowest BCUT2D eigenvalue weighted by Crippen LogP contribution is -2.42. The first-order valence-corrected chi connectivity index (χ1v) is 8.21. The lowest BCUT2D eigenvalue weighted by molar-refractivity contribution is -0.124. The second-order valence-electron chi connectivity index (χ2n) is 5.54. The molecule has 0 fully saturated rings. The molecule has 2 aromatic rings. The number of aromatic hydroxyl groups is 1. The SMILES string of the molecule is O=C(COC(=O)c1cc(Cl)ccc1O)NC[C@@H]1COc2ccccc2O1. The number of rotatable bonds is 5. The molecule has 1 aliphatic rings. The van der Waals surface area contributed by atoms with Crippen molar-refractivity contribution in [2.45, 2.75) is 6.10 Å². The van der Waals surface area contributed by atoms with Crippen LogP contribution in [0.25, 0.3) is 0 Å². The van der Waals surface area contributed by atoms with Crippen LogP contribution in [0.5, 0.6) is 17.2 Å². The quantitative estimate of drug-likeness (QED) is 0.775. The van der Waals surface area contributed by atoms with E-state index in [9.17, 15) is 14.7 Å². The van der Waals surface area contributed by atoms with Crippen LogP contribution in [0.4, 0.5) is 0 Å². The van der Waals surface area contributed by atoms with E-state index in [0.29, 0.717) is 18.1 Å². The summed E-state index contributed by atoms with van der Waals surface area (Å²) in [6.45, 7) is 0.00948. The molecule has 2 aromatic carbocycles. The molecule has 0 aromatic heterocycles. The number of para-hydroxylation sites is 2. The number of nitrogens with one attached hydrogen (secondary N) is 1. The van der Waals surface area contributed by atoms with Crippen molar-refractivity contribution in [1.82, 2.24) is 5.32 Å². The molecule has 1 amide bonds. The molecule has 0 saturated carbocycles. The van der Waals surface area contributed by atoms with Crippen LogP contribution in [0, 0.1) is 0 Å². The summed E-state index contributed by atoms with van der Waals surface area (Å²) < 4.78 is 16.1. The number of hydrogen-bond acceptors (Lipinski definition) is 6. The summed E-state index contributed by atoms with van der Waals surface area (Å²) in [7, 11) is 0. The zero-order valence-corrected chi connectivity index (χ0v) is 14.4. The molecule has 7 nitrogen and oxygen atoms in total. The van der Waals surface area contributed by atoms with Gasteiger partial charge in [-0.15, -0.1) is 0 Å². The number of esters is 1. The first-order chi connectivity index (χ1) is 12.5. The van der Waals surface area contributed by atoms with Gasteiger partial charge >= 0.3 is 5.97 Å². The van der Waals surface area contributed by atoms with Crippen molar-refractivity contribution in [3.63, 3.8) is 0 Å². The smallest absolute Gasteiger partial charge is 0.342 e.